The fraction of sp³-hybridized carbons (Fsp3) is 0.250. The van der Waals surface area contributed by atoms with Gasteiger partial charge in [0.1, 0.15) is 11.5 Å². The van der Waals surface area contributed by atoms with E-state index in [0.717, 1.165) is 10.8 Å². The van der Waals surface area contributed by atoms with Crippen LogP contribution in [0.5, 0.6) is 5.75 Å². The highest BCUT2D eigenvalue weighted by molar-refractivity contribution is 7.13. The summed E-state index contributed by atoms with van der Waals surface area (Å²) in [7, 11) is 3.34. The largest absolute Gasteiger partial charge is 0.484 e. The van der Waals surface area contributed by atoms with Crippen LogP contribution in [-0.4, -0.2) is 42.4 Å². The Kier molecular flexibility index (Phi) is 6.10. The van der Waals surface area contributed by atoms with Crippen molar-refractivity contribution < 1.29 is 18.7 Å². The van der Waals surface area contributed by atoms with E-state index in [1.54, 1.807) is 38.4 Å². The molecule has 0 saturated carbocycles. The minimum absolute atomic E-state index is 0.0277. The molecule has 146 valence electrons. The maximum absolute atomic E-state index is 12.3. The third kappa shape index (κ3) is 5.20. The van der Waals surface area contributed by atoms with E-state index in [1.165, 1.54) is 16.2 Å². The molecular formula is C20H21N3O4S. The van der Waals surface area contributed by atoms with Gasteiger partial charge in [-0.25, -0.2) is 4.98 Å². The number of likely N-dealkylation sites (N-methyl/N-ethyl adjacent to an activating group) is 1. The molecule has 0 radical (unpaired) electrons. The zero-order valence-corrected chi connectivity index (χ0v) is 16.7. The van der Waals surface area contributed by atoms with Crippen molar-refractivity contribution in [1.82, 2.24) is 9.88 Å². The lowest BCUT2D eigenvalue weighted by Crippen LogP contribution is -2.27. The number of nitrogens with zero attached hydrogens (tertiary/aromatic N) is 2. The van der Waals surface area contributed by atoms with Crippen molar-refractivity contribution in [3.8, 4) is 16.5 Å². The van der Waals surface area contributed by atoms with Gasteiger partial charge in [0.05, 0.1) is 12.1 Å². The van der Waals surface area contributed by atoms with E-state index in [2.05, 4.69) is 10.3 Å². The van der Waals surface area contributed by atoms with E-state index in [9.17, 15) is 9.59 Å². The molecule has 3 aromatic rings. The summed E-state index contributed by atoms with van der Waals surface area (Å²) in [6.07, 6.45) is 0.172. The number of nitrogens with one attached hydrogen (secondary N) is 1. The van der Waals surface area contributed by atoms with Gasteiger partial charge in [-0.2, -0.15) is 0 Å². The molecule has 2 heterocycles. The van der Waals surface area contributed by atoms with Crippen LogP contribution in [0.1, 0.15) is 11.5 Å². The molecule has 28 heavy (non-hydrogen) atoms. The number of thiazole rings is 1. The number of aryl methyl sites for hydroxylation is 1. The quantitative estimate of drug-likeness (QED) is 0.659. The number of benzene rings is 1. The first kappa shape index (κ1) is 19.6. The van der Waals surface area contributed by atoms with E-state index in [4.69, 9.17) is 9.15 Å². The molecule has 2 amide bonds. The number of anilines is 1. The van der Waals surface area contributed by atoms with Crippen molar-refractivity contribution in [3.05, 3.63) is 53.2 Å². The van der Waals surface area contributed by atoms with E-state index in [0.29, 0.717) is 22.9 Å². The molecule has 8 heteroatoms. The number of carbonyl (C=O) groups is 2. The van der Waals surface area contributed by atoms with Gasteiger partial charge in [0.25, 0.3) is 5.91 Å². The SMILES string of the molecule is Cc1ccc(-c2nc(CC(=O)Nc3ccc(OCC(=O)N(C)C)cc3)cs2)o1. The number of furan rings is 1. The van der Waals surface area contributed by atoms with Gasteiger partial charge in [0, 0.05) is 25.2 Å². The summed E-state index contributed by atoms with van der Waals surface area (Å²) in [6, 6.07) is 10.6. The lowest BCUT2D eigenvalue weighted by atomic mass is 10.2. The standard InChI is InChI=1S/C20H21N3O4S/c1-13-4-9-17(27-13)20-22-15(12-28-20)10-18(24)21-14-5-7-16(8-6-14)26-11-19(25)23(2)3/h4-9,12H,10-11H2,1-3H3,(H,21,24). The molecule has 0 bridgehead atoms. The fourth-order valence-corrected chi connectivity index (χ4v) is 3.11. The number of aromatic nitrogens is 1. The normalized spacial score (nSPS) is 10.5. The number of hydrogen-bond donors (Lipinski definition) is 1. The Morgan fingerprint density at radius 2 is 1.93 bits per heavy atom. The first-order valence-electron chi connectivity index (χ1n) is 8.65. The first-order chi connectivity index (χ1) is 13.4. The van der Waals surface area contributed by atoms with Crippen molar-refractivity contribution in [2.75, 3.05) is 26.0 Å². The second-order valence-electron chi connectivity index (χ2n) is 6.38. The van der Waals surface area contributed by atoms with Gasteiger partial charge in [0.2, 0.25) is 5.91 Å². The Labute approximate surface area is 167 Å². The summed E-state index contributed by atoms with van der Waals surface area (Å²) in [5.74, 6) is 1.81. The highest BCUT2D eigenvalue weighted by atomic mass is 32.1. The molecular weight excluding hydrogens is 378 g/mol. The molecule has 0 fully saturated rings. The Balaban J connectivity index is 1.52. The van der Waals surface area contributed by atoms with Crippen molar-refractivity contribution in [2.45, 2.75) is 13.3 Å². The highest BCUT2D eigenvalue weighted by Gasteiger charge is 2.12. The lowest BCUT2D eigenvalue weighted by molar-refractivity contribution is -0.130. The Hall–Kier alpha value is -3.13. The van der Waals surface area contributed by atoms with Crippen LogP contribution in [0.3, 0.4) is 0 Å². The summed E-state index contributed by atoms with van der Waals surface area (Å²) >= 11 is 1.44. The number of rotatable bonds is 7. The second kappa shape index (κ2) is 8.71. The Morgan fingerprint density at radius 3 is 2.57 bits per heavy atom. The van der Waals surface area contributed by atoms with Crippen LogP contribution in [0.25, 0.3) is 10.8 Å². The van der Waals surface area contributed by atoms with Crippen LogP contribution in [0.2, 0.25) is 0 Å². The van der Waals surface area contributed by atoms with E-state index in [-0.39, 0.29) is 24.8 Å². The molecule has 1 aromatic carbocycles. The predicted octanol–water partition coefficient (Wildman–Crippen LogP) is 3.36. The van der Waals surface area contributed by atoms with Crippen molar-refractivity contribution in [1.29, 1.82) is 0 Å². The van der Waals surface area contributed by atoms with E-state index >= 15 is 0 Å². The van der Waals surface area contributed by atoms with Gasteiger partial charge in [0.15, 0.2) is 17.4 Å². The zero-order chi connectivity index (χ0) is 20.1. The fourth-order valence-electron chi connectivity index (χ4n) is 2.33. The number of carbonyl (C=O) groups excluding carboxylic acids is 2. The minimum atomic E-state index is -0.163. The monoisotopic (exact) mass is 399 g/mol. The predicted molar refractivity (Wildman–Crippen MR) is 108 cm³/mol. The minimum Gasteiger partial charge on any atom is -0.484 e. The van der Waals surface area contributed by atoms with Crippen molar-refractivity contribution >= 4 is 28.8 Å². The van der Waals surface area contributed by atoms with Gasteiger partial charge in [-0.15, -0.1) is 11.3 Å². The third-order valence-electron chi connectivity index (χ3n) is 3.84. The molecule has 0 aliphatic heterocycles. The summed E-state index contributed by atoms with van der Waals surface area (Å²) in [4.78, 5) is 29.7. The topological polar surface area (TPSA) is 84.7 Å². The van der Waals surface area contributed by atoms with Crippen LogP contribution < -0.4 is 10.1 Å². The molecule has 2 aromatic heterocycles. The van der Waals surface area contributed by atoms with Crippen LogP contribution in [-0.2, 0) is 16.0 Å². The smallest absolute Gasteiger partial charge is 0.259 e. The number of hydrogen-bond acceptors (Lipinski definition) is 6. The number of ether oxygens (including phenoxy) is 1. The highest BCUT2D eigenvalue weighted by Crippen LogP contribution is 2.26. The Bertz CT molecular complexity index is 960. The molecule has 0 unspecified atom stereocenters. The maximum Gasteiger partial charge on any atom is 0.259 e. The second-order valence-corrected chi connectivity index (χ2v) is 7.24. The van der Waals surface area contributed by atoms with Crippen molar-refractivity contribution in [3.63, 3.8) is 0 Å². The summed E-state index contributed by atoms with van der Waals surface area (Å²) in [6.45, 7) is 1.85. The Morgan fingerprint density at radius 1 is 1.18 bits per heavy atom. The van der Waals surface area contributed by atoms with Crippen LogP contribution in [0.4, 0.5) is 5.69 Å². The van der Waals surface area contributed by atoms with E-state index < -0.39 is 0 Å². The van der Waals surface area contributed by atoms with Crippen LogP contribution >= 0.6 is 11.3 Å². The third-order valence-corrected chi connectivity index (χ3v) is 4.75. The van der Waals surface area contributed by atoms with Gasteiger partial charge in [-0.3, -0.25) is 9.59 Å². The van der Waals surface area contributed by atoms with Gasteiger partial charge < -0.3 is 19.4 Å². The molecule has 0 spiro atoms. The summed E-state index contributed by atoms with van der Waals surface area (Å²) in [5.41, 5.74) is 1.34. The van der Waals surface area contributed by atoms with Crippen molar-refractivity contribution in [2.24, 2.45) is 0 Å². The molecule has 3 rings (SSSR count). The summed E-state index contributed by atoms with van der Waals surface area (Å²) < 4.78 is 11.0. The van der Waals surface area contributed by atoms with Crippen LogP contribution in [0.15, 0.2) is 46.2 Å². The molecule has 7 nitrogen and oxygen atoms in total. The molecule has 0 atom stereocenters. The van der Waals surface area contributed by atoms with Gasteiger partial charge in [-0.05, 0) is 43.3 Å². The maximum atomic E-state index is 12.3. The molecule has 0 aliphatic carbocycles. The zero-order valence-electron chi connectivity index (χ0n) is 15.9. The van der Waals surface area contributed by atoms with Gasteiger partial charge >= 0.3 is 0 Å². The summed E-state index contributed by atoms with van der Waals surface area (Å²) in [5, 5.41) is 5.43. The van der Waals surface area contributed by atoms with E-state index in [1.807, 2.05) is 24.4 Å². The molecule has 0 aliphatic rings. The molecule has 1 N–H and O–H groups in total. The average Bonchev–Trinajstić information content (AvgIpc) is 3.29. The molecule has 0 saturated heterocycles. The average molecular weight is 399 g/mol. The number of amides is 2. The first-order valence-corrected chi connectivity index (χ1v) is 9.53. The van der Waals surface area contributed by atoms with Gasteiger partial charge in [-0.1, -0.05) is 0 Å². The van der Waals surface area contributed by atoms with Crippen LogP contribution in [0, 0.1) is 6.92 Å². The lowest BCUT2D eigenvalue weighted by Gasteiger charge is -2.11.